The normalized spacial score (nSPS) is 23.8. The van der Waals surface area contributed by atoms with Gasteiger partial charge >= 0.3 is 6.18 Å². The van der Waals surface area contributed by atoms with E-state index in [2.05, 4.69) is 30.3 Å². The van der Waals surface area contributed by atoms with Gasteiger partial charge in [0.25, 0.3) is 0 Å². The van der Waals surface area contributed by atoms with E-state index in [1.54, 1.807) is 13.1 Å². The number of fused-ring (bicyclic) bond motifs is 1. The number of ether oxygens (including phenoxy) is 1. The first kappa shape index (κ1) is 26.9. The average Bonchev–Trinajstić information content (AvgIpc) is 3.56. The van der Waals surface area contributed by atoms with Crippen molar-refractivity contribution in [2.24, 2.45) is 5.92 Å². The lowest BCUT2D eigenvalue weighted by Gasteiger charge is -2.21. The molecule has 0 amide bonds. The Hall–Kier alpha value is -2.65. The van der Waals surface area contributed by atoms with E-state index < -0.39 is 37.0 Å². The van der Waals surface area contributed by atoms with Gasteiger partial charge in [0.1, 0.15) is 29.1 Å². The molecule has 5 rings (SSSR count). The maximum atomic E-state index is 12.3. The van der Waals surface area contributed by atoms with Crippen molar-refractivity contribution in [2.75, 3.05) is 37.0 Å². The summed E-state index contributed by atoms with van der Waals surface area (Å²) in [5.41, 5.74) is 2.98. The molecule has 2 saturated carbocycles. The molecule has 3 heterocycles. The summed E-state index contributed by atoms with van der Waals surface area (Å²) in [6.07, 6.45) is -2.39. The van der Waals surface area contributed by atoms with Crippen molar-refractivity contribution in [2.45, 2.75) is 56.5 Å². The number of nitrogens with zero attached hydrogens (tertiary/aromatic N) is 4. The lowest BCUT2D eigenvalue weighted by atomic mass is 10.1. The van der Waals surface area contributed by atoms with Crippen LogP contribution in [0.25, 0.3) is 20.8 Å². The molecular formula is C24H29F3N6O4S. The number of rotatable bonds is 10. The highest BCUT2D eigenvalue weighted by Crippen LogP contribution is 2.44. The van der Waals surface area contributed by atoms with Crippen molar-refractivity contribution in [3.05, 3.63) is 23.7 Å². The molecule has 3 aromatic heterocycles. The third-order valence-corrected chi connectivity index (χ3v) is 7.80. The largest absolute Gasteiger partial charge is 0.411 e. The Balaban J connectivity index is 1.45. The van der Waals surface area contributed by atoms with E-state index in [9.17, 15) is 28.5 Å². The summed E-state index contributed by atoms with van der Waals surface area (Å²) in [5, 5.41) is 37.2. The van der Waals surface area contributed by atoms with Crippen molar-refractivity contribution in [3.8, 4) is 10.6 Å². The molecule has 206 valence electrons. The Morgan fingerprint density at radius 1 is 1.16 bits per heavy atom. The summed E-state index contributed by atoms with van der Waals surface area (Å²) in [6.45, 7) is 0.00140. The minimum Gasteiger partial charge on any atom is -0.396 e. The Morgan fingerprint density at radius 3 is 2.63 bits per heavy atom. The molecule has 5 N–H and O–H groups in total. The monoisotopic (exact) mass is 554 g/mol. The van der Waals surface area contributed by atoms with Gasteiger partial charge < -0.3 is 30.7 Å². The molecule has 0 saturated heterocycles. The van der Waals surface area contributed by atoms with Crippen molar-refractivity contribution >= 4 is 33.3 Å². The molecule has 1 unspecified atom stereocenters. The lowest BCUT2D eigenvalue weighted by molar-refractivity contribution is -0.172. The van der Waals surface area contributed by atoms with Crippen LogP contribution in [0, 0.1) is 12.8 Å². The van der Waals surface area contributed by atoms with Crippen LogP contribution < -0.4 is 10.6 Å². The molecule has 0 radical (unpaired) electrons. The fourth-order valence-electron chi connectivity index (χ4n) is 4.70. The fraction of sp³-hybridized carbons (Fsp3) is 0.583. The quantitative estimate of drug-likeness (QED) is 0.237. The van der Waals surface area contributed by atoms with E-state index in [0.717, 1.165) is 28.8 Å². The minimum absolute atomic E-state index is 0.0449. The number of anilines is 2. The minimum atomic E-state index is -4.41. The first-order valence-corrected chi connectivity index (χ1v) is 13.2. The van der Waals surface area contributed by atoms with E-state index >= 15 is 0 Å². The third kappa shape index (κ3) is 5.83. The van der Waals surface area contributed by atoms with Crippen molar-refractivity contribution < 1.29 is 33.2 Å². The molecule has 38 heavy (non-hydrogen) atoms. The second-order valence-corrected chi connectivity index (χ2v) is 10.7. The van der Waals surface area contributed by atoms with Gasteiger partial charge in [0.15, 0.2) is 0 Å². The molecule has 4 atom stereocenters. The molecule has 14 heteroatoms. The van der Waals surface area contributed by atoms with E-state index in [1.165, 1.54) is 11.3 Å². The summed E-state index contributed by atoms with van der Waals surface area (Å²) in [5.74, 6) is 0.427. The van der Waals surface area contributed by atoms with Crippen molar-refractivity contribution in [1.82, 2.24) is 19.9 Å². The van der Waals surface area contributed by atoms with E-state index in [0.29, 0.717) is 34.4 Å². The van der Waals surface area contributed by atoms with E-state index in [4.69, 9.17) is 4.98 Å². The second-order valence-electron chi connectivity index (χ2n) is 9.70. The molecule has 0 aliphatic heterocycles. The lowest BCUT2D eigenvalue weighted by Crippen LogP contribution is -2.35. The molecule has 0 aromatic carbocycles. The second kappa shape index (κ2) is 10.8. The molecule has 2 fully saturated rings. The maximum absolute atomic E-state index is 12.3. The first-order chi connectivity index (χ1) is 18.1. The molecule has 2 aliphatic rings. The predicted molar refractivity (Wildman–Crippen MR) is 135 cm³/mol. The van der Waals surface area contributed by atoms with Crippen LogP contribution in [0.15, 0.2) is 12.3 Å². The molecular weight excluding hydrogens is 525 g/mol. The van der Waals surface area contributed by atoms with Gasteiger partial charge in [0.2, 0.25) is 5.95 Å². The van der Waals surface area contributed by atoms with Gasteiger partial charge in [-0.05, 0) is 32.3 Å². The molecule has 0 bridgehead atoms. The van der Waals surface area contributed by atoms with Crippen LogP contribution >= 0.6 is 11.3 Å². The smallest absolute Gasteiger partial charge is 0.396 e. The molecule has 0 spiro atoms. The zero-order chi connectivity index (χ0) is 27.0. The summed E-state index contributed by atoms with van der Waals surface area (Å²) in [6, 6.07) is 1.31. The number of pyridine rings is 1. The van der Waals surface area contributed by atoms with Gasteiger partial charge in [-0.3, -0.25) is 4.98 Å². The van der Waals surface area contributed by atoms with Crippen LogP contribution in [0.1, 0.15) is 36.6 Å². The number of aryl methyl sites for hydroxylation is 1. The van der Waals surface area contributed by atoms with E-state index in [-0.39, 0.29) is 25.7 Å². The van der Waals surface area contributed by atoms with Crippen LogP contribution in [-0.2, 0) is 4.74 Å². The Morgan fingerprint density at radius 2 is 1.95 bits per heavy atom. The Bertz CT molecular complexity index is 1290. The van der Waals surface area contributed by atoms with Crippen LogP contribution in [0.5, 0.6) is 0 Å². The van der Waals surface area contributed by atoms with Gasteiger partial charge in [0.05, 0.1) is 40.4 Å². The standard InChI is InChI=1S/C24H29F3N6O4S/c1-11-16(22-32-18-15(38-22)4-5-28-17(18)12-2-3-12)21(31-14-8-13(9-34)19(35)20(14)36)33-23(30-11)29-6-7-37-10-24(25,26)27/h4-5,12-14,19-20,34-36H,2-3,6-10H2,1H3,(H2,29,30,31,33)/t13-,14?,19-,20+/m1/s1. The number of aliphatic hydroxyl groups excluding tert-OH is 3. The van der Waals surface area contributed by atoms with Gasteiger partial charge in [-0.15, -0.1) is 11.3 Å². The third-order valence-electron chi connectivity index (χ3n) is 6.76. The number of hydrogen-bond acceptors (Lipinski definition) is 11. The van der Waals surface area contributed by atoms with Crippen molar-refractivity contribution in [3.63, 3.8) is 0 Å². The summed E-state index contributed by atoms with van der Waals surface area (Å²) < 4.78 is 42.6. The van der Waals surface area contributed by atoms with Crippen LogP contribution in [0.2, 0.25) is 0 Å². The van der Waals surface area contributed by atoms with Gasteiger partial charge in [-0.25, -0.2) is 9.97 Å². The summed E-state index contributed by atoms with van der Waals surface area (Å²) in [4.78, 5) is 18.5. The number of aliphatic hydroxyl groups is 3. The molecule has 3 aromatic rings. The fourth-order valence-corrected chi connectivity index (χ4v) is 5.76. The number of nitrogens with one attached hydrogen (secondary N) is 2. The first-order valence-electron chi connectivity index (χ1n) is 12.4. The van der Waals surface area contributed by atoms with Crippen LogP contribution in [0.4, 0.5) is 24.9 Å². The average molecular weight is 555 g/mol. The van der Waals surface area contributed by atoms with Gasteiger partial charge in [-0.2, -0.15) is 18.2 Å². The predicted octanol–water partition coefficient (Wildman–Crippen LogP) is 2.84. The number of aromatic nitrogens is 4. The maximum Gasteiger partial charge on any atom is 0.411 e. The number of thiazole rings is 1. The SMILES string of the molecule is Cc1nc(NCCOCC(F)(F)F)nc(NC2C[C@H](CO)[C@@H](O)[C@H]2O)c1-c1nc2c(C3CC3)nccc2s1. The van der Waals surface area contributed by atoms with Crippen LogP contribution in [0.3, 0.4) is 0 Å². The van der Waals surface area contributed by atoms with Crippen LogP contribution in [-0.4, -0.2) is 86.0 Å². The van der Waals surface area contributed by atoms with Gasteiger partial charge in [0, 0.05) is 31.2 Å². The number of alkyl halides is 3. The number of hydrogen-bond donors (Lipinski definition) is 5. The topological polar surface area (TPSA) is 146 Å². The highest BCUT2D eigenvalue weighted by molar-refractivity contribution is 7.21. The van der Waals surface area contributed by atoms with Crippen molar-refractivity contribution in [1.29, 1.82) is 0 Å². The summed E-state index contributed by atoms with van der Waals surface area (Å²) in [7, 11) is 0. The van der Waals surface area contributed by atoms with E-state index in [1.807, 2.05) is 6.07 Å². The Kier molecular flexibility index (Phi) is 7.69. The Labute approximate surface area is 220 Å². The highest BCUT2D eigenvalue weighted by Gasteiger charge is 2.41. The highest BCUT2D eigenvalue weighted by atomic mass is 32.1. The van der Waals surface area contributed by atoms with Gasteiger partial charge in [-0.1, -0.05) is 0 Å². The zero-order valence-electron chi connectivity index (χ0n) is 20.6. The number of halogens is 3. The summed E-state index contributed by atoms with van der Waals surface area (Å²) >= 11 is 1.47. The molecule has 10 nitrogen and oxygen atoms in total. The zero-order valence-corrected chi connectivity index (χ0v) is 21.4. The molecule has 2 aliphatic carbocycles.